The zero-order chi connectivity index (χ0) is 34.3. The van der Waals surface area contributed by atoms with E-state index in [4.69, 9.17) is 0 Å². The van der Waals surface area contributed by atoms with Crippen molar-refractivity contribution in [2.24, 2.45) is 29.6 Å². The summed E-state index contributed by atoms with van der Waals surface area (Å²) in [4.78, 5) is 2.56. The molecule has 6 fully saturated rings. The van der Waals surface area contributed by atoms with E-state index in [1.807, 2.05) is 11.3 Å². The molecule has 13 rings (SSSR count). The number of hydrogen-bond acceptors (Lipinski definition) is 2. The van der Waals surface area contributed by atoms with Crippen molar-refractivity contribution in [3.8, 4) is 11.1 Å². The van der Waals surface area contributed by atoms with Gasteiger partial charge in [0, 0.05) is 42.6 Å². The Morgan fingerprint density at radius 2 is 1.23 bits per heavy atom. The lowest BCUT2D eigenvalue weighted by molar-refractivity contribution is -0.00518. The van der Waals surface area contributed by atoms with Crippen LogP contribution >= 0.6 is 11.3 Å². The molecular formula is C50H49NS. The molecule has 1 nitrogen and oxygen atoms in total. The number of benzene rings is 5. The predicted octanol–water partition coefficient (Wildman–Crippen LogP) is 14.2. The summed E-state index contributed by atoms with van der Waals surface area (Å²) in [5, 5.41) is 2.77. The van der Waals surface area contributed by atoms with E-state index in [0.717, 1.165) is 35.5 Å². The van der Waals surface area contributed by atoms with Gasteiger partial charge in [-0.05, 0) is 187 Å². The van der Waals surface area contributed by atoms with Crippen LogP contribution in [-0.2, 0) is 10.8 Å². The third-order valence-corrected chi connectivity index (χ3v) is 16.6. The van der Waals surface area contributed by atoms with Crippen LogP contribution in [0.2, 0.25) is 0 Å². The summed E-state index contributed by atoms with van der Waals surface area (Å²) in [7, 11) is 0. The van der Waals surface area contributed by atoms with Crippen molar-refractivity contribution in [2.75, 3.05) is 4.90 Å². The van der Waals surface area contributed by atoms with E-state index >= 15 is 0 Å². The van der Waals surface area contributed by atoms with Gasteiger partial charge in [0.1, 0.15) is 0 Å². The summed E-state index contributed by atoms with van der Waals surface area (Å²) in [5.41, 5.74) is 13.0. The van der Waals surface area contributed by atoms with E-state index < -0.39 is 0 Å². The molecular weight excluding hydrogens is 647 g/mol. The Morgan fingerprint density at radius 1 is 0.558 bits per heavy atom. The third kappa shape index (κ3) is 4.40. The van der Waals surface area contributed by atoms with Crippen LogP contribution in [0.25, 0.3) is 31.3 Å². The molecule has 1 aromatic heterocycles. The highest BCUT2D eigenvalue weighted by Crippen LogP contribution is 2.61. The van der Waals surface area contributed by atoms with E-state index in [2.05, 4.69) is 122 Å². The van der Waals surface area contributed by atoms with E-state index in [9.17, 15) is 0 Å². The summed E-state index contributed by atoms with van der Waals surface area (Å²) >= 11 is 1.93. The van der Waals surface area contributed by atoms with Gasteiger partial charge in [0.2, 0.25) is 0 Å². The first kappa shape index (κ1) is 30.6. The van der Waals surface area contributed by atoms with Gasteiger partial charge in [0.15, 0.2) is 0 Å². The molecule has 2 heteroatoms. The Morgan fingerprint density at radius 3 is 1.92 bits per heavy atom. The van der Waals surface area contributed by atoms with Gasteiger partial charge in [-0.1, -0.05) is 68.8 Å². The molecule has 6 bridgehead atoms. The fourth-order valence-electron chi connectivity index (χ4n) is 13.5. The topological polar surface area (TPSA) is 3.24 Å². The van der Waals surface area contributed by atoms with Gasteiger partial charge in [-0.15, -0.1) is 11.3 Å². The Balaban J connectivity index is 0.956. The zero-order valence-corrected chi connectivity index (χ0v) is 31.5. The minimum Gasteiger partial charge on any atom is -0.310 e. The number of nitrogens with zero attached hydrogens (tertiary/aromatic N) is 1. The Kier molecular flexibility index (Phi) is 6.38. The molecule has 3 atom stereocenters. The maximum Gasteiger partial charge on any atom is 0.0465 e. The molecule has 0 aliphatic heterocycles. The minimum atomic E-state index is -0.0787. The first-order valence-corrected chi connectivity index (χ1v) is 21.3. The van der Waals surface area contributed by atoms with E-state index in [1.54, 1.807) is 11.1 Å². The molecule has 0 spiro atoms. The summed E-state index contributed by atoms with van der Waals surface area (Å²) in [5.74, 6) is 5.51. The quantitative estimate of drug-likeness (QED) is 0.174. The zero-order valence-electron chi connectivity index (χ0n) is 30.7. The van der Waals surface area contributed by atoms with Gasteiger partial charge in [0.05, 0.1) is 0 Å². The second-order valence-electron chi connectivity index (χ2n) is 18.8. The van der Waals surface area contributed by atoms with Crippen LogP contribution in [0.15, 0.2) is 103 Å². The van der Waals surface area contributed by atoms with E-state index in [-0.39, 0.29) is 5.41 Å². The molecule has 7 aliphatic rings. The lowest BCUT2D eigenvalue weighted by atomic mass is 9.48. The highest BCUT2D eigenvalue weighted by atomic mass is 32.1. The molecule has 1 heterocycles. The van der Waals surface area contributed by atoms with Crippen LogP contribution in [0.1, 0.15) is 106 Å². The van der Waals surface area contributed by atoms with Crippen molar-refractivity contribution in [3.05, 3.63) is 125 Å². The van der Waals surface area contributed by atoms with Gasteiger partial charge in [-0.3, -0.25) is 0 Å². The number of anilines is 3. The van der Waals surface area contributed by atoms with Gasteiger partial charge < -0.3 is 4.90 Å². The van der Waals surface area contributed by atoms with Crippen molar-refractivity contribution in [2.45, 2.75) is 94.8 Å². The third-order valence-electron chi connectivity index (χ3n) is 15.5. The number of fused-ring (bicyclic) bond motifs is 8. The van der Waals surface area contributed by atoms with Crippen molar-refractivity contribution in [3.63, 3.8) is 0 Å². The molecule has 7 aliphatic carbocycles. The van der Waals surface area contributed by atoms with Crippen LogP contribution in [-0.4, -0.2) is 0 Å². The molecule has 52 heavy (non-hydrogen) atoms. The van der Waals surface area contributed by atoms with Gasteiger partial charge >= 0.3 is 0 Å². The van der Waals surface area contributed by atoms with Crippen molar-refractivity contribution >= 4 is 48.6 Å². The molecule has 3 unspecified atom stereocenters. The Hall–Kier alpha value is -3.88. The summed E-state index contributed by atoms with van der Waals surface area (Å²) in [6, 6.07) is 41.1. The number of hydrogen-bond donors (Lipinski definition) is 0. The van der Waals surface area contributed by atoms with Crippen LogP contribution in [0.3, 0.4) is 0 Å². The average Bonchev–Trinajstić information content (AvgIpc) is 3.93. The van der Waals surface area contributed by atoms with E-state index in [1.165, 1.54) is 124 Å². The molecule has 260 valence electrons. The van der Waals surface area contributed by atoms with Crippen LogP contribution in [0, 0.1) is 29.6 Å². The molecule has 0 radical (unpaired) electrons. The smallest absolute Gasteiger partial charge is 0.0465 e. The lowest BCUT2D eigenvalue weighted by Crippen LogP contribution is -2.48. The van der Waals surface area contributed by atoms with Gasteiger partial charge in [-0.2, -0.15) is 0 Å². The first-order valence-electron chi connectivity index (χ1n) is 20.5. The SMILES string of the molecule is CC1(C)c2cc(N(c3ccc(C4CC5CCC4C5)cc3)c3ccc(C45CC6CC(CC(C6)C4)C5)cc3)ccc2-c2cc3c(cc21)sc1ccccc13. The lowest BCUT2D eigenvalue weighted by Gasteiger charge is -2.57. The second-order valence-corrected chi connectivity index (χ2v) is 19.9. The summed E-state index contributed by atoms with van der Waals surface area (Å²) in [6.45, 7) is 4.88. The molecule has 0 N–H and O–H groups in total. The Labute approximate surface area is 313 Å². The minimum absolute atomic E-state index is 0.0787. The highest BCUT2D eigenvalue weighted by Gasteiger charge is 2.51. The summed E-state index contributed by atoms with van der Waals surface area (Å²) < 4.78 is 2.78. The average molecular weight is 696 g/mol. The fourth-order valence-corrected chi connectivity index (χ4v) is 14.6. The highest BCUT2D eigenvalue weighted by molar-refractivity contribution is 7.25. The normalized spacial score (nSPS) is 30.3. The summed E-state index contributed by atoms with van der Waals surface area (Å²) in [6.07, 6.45) is 14.5. The number of rotatable bonds is 5. The standard InChI is InChI=1S/C50H49NS/c1-49(2)45-24-39(17-18-40(45)43-25-44-41-5-3-4-6-47(41)52-48(44)26-46(43)49)51(37-13-9-34(10-14-37)42-23-30-7-8-35(42)22-30)38-15-11-36(12-16-38)50-27-31-19-32(28-50)21-33(20-31)29-50/h3-6,9-18,24-26,30-33,35,42H,7-8,19-23,27-29H2,1-2H3. The molecule has 6 aromatic rings. The van der Waals surface area contributed by atoms with Crippen LogP contribution in [0.4, 0.5) is 17.1 Å². The maximum absolute atomic E-state index is 2.56. The van der Waals surface area contributed by atoms with Crippen LogP contribution in [0.5, 0.6) is 0 Å². The second kappa shape index (κ2) is 10.8. The van der Waals surface area contributed by atoms with Crippen molar-refractivity contribution in [1.82, 2.24) is 0 Å². The molecule has 5 aromatic carbocycles. The molecule has 6 saturated carbocycles. The Bertz CT molecular complexity index is 2360. The van der Waals surface area contributed by atoms with Crippen molar-refractivity contribution < 1.29 is 0 Å². The number of thiophene rings is 1. The molecule has 0 saturated heterocycles. The largest absolute Gasteiger partial charge is 0.310 e. The van der Waals surface area contributed by atoms with Gasteiger partial charge in [0.25, 0.3) is 0 Å². The fraction of sp³-hybridized carbons (Fsp3) is 0.400. The van der Waals surface area contributed by atoms with E-state index in [0.29, 0.717) is 5.41 Å². The van der Waals surface area contributed by atoms with Crippen molar-refractivity contribution in [1.29, 1.82) is 0 Å². The van der Waals surface area contributed by atoms with Crippen LogP contribution < -0.4 is 4.90 Å². The monoisotopic (exact) mass is 695 g/mol. The molecule has 0 amide bonds. The first-order chi connectivity index (χ1) is 25.4. The maximum atomic E-state index is 2.56. The predicted molar refractivity (Wildman–Crippen MR) is 220 cm³/mol. The van der Waals surface area contributed by atoms with Gasteiger partial charge in [-0.25, -0.2) is 0 Å².